The number of carbonyl (C=O) groups is 1. The van der Waals surface area contributed by atoms with Crippen LogP contribution in [-0.2, 0) is 16.1 Å². The molecule has 1 aliphatic rings. The van der Waals surface area contributed by atoms with Crippen LogP contribution in [0.2, 0.25) is 0 Å². The predicted octanol–water partition coefficient (Wildman–Crippen LogP) is 2.43. The van der Waals surface area contributed by atoms with Crippen LogP contribution in [0.25, 0.3) is 0 Å². The molecule has 96 valence electrons. The highest BCUT2D eigenvalue weighted by Crippen LogP contribution is 2.14. The van der Waals surface area contributed by atoms with Gasteiger partial charge in [-0.2, -0.15) is 0 Å². The lowest BCUT2D eigenvalue weighted by Crippen LogP contribution is -2.45. The van der Waals surface area contributed by atoms with E-state index in [9.17, 15) is 4.79 Å². The maximum absolute atomic E-state index is 11.3. The van der Waals surface area contributed by atoms with Crippen molar-refractivity contribution in [1.29, 1.82) is 0 Å². The van der Waals surface area contributed by atoms with E-state index in [1.54, 1.807) is 6.08 Å². The lowest BCUT2D eigenvalue weighted by atomic mass is 10.0. The van der Waals surface area contributed by atoms with Gasteiger partial charge in [-0.25, -0.2) is 0 Å². The molecule has 2 rings (SSSR count). The summed E-state index contributed by atoms with van der Waals surface area (Å²) in [5.41, 5.74) is 1.16. The smallest absolute Gasteiger partial charge is 0.243 e. The molecule has 1 aromatic rings. The first-order chi connectivity index (χ1) is 8.79. The van der Waals surface area contributed by atoms with Crippen LogP contribution < -0.4 is 5.32 Å². The molecule has 0 unspecified atom stereocenters. The summed E-state index contributed by atoms with van der Waals surface area (Å²) in [6.07, 6.45) is 5.31. The molecule has 1 heterocycles. The number of benzene rings is 1. The molecular weight excluding hydrogens is 226 g/mol. The third kappa shape index (κ3) is 3.44. The van der Waals surface area contributed by atoms with Crippen LogP contribution in [-0.4, -0.2) is 18.1 Å². The number of rotatable bonds is 5. The van der Waals surface area contributed by atoms with Gasteiger partial charge in [0.1, 0.15) is 0 Å². The Balaban J connectivity index is 1.89. The van der Waals surface area contributed by atoms with Crippen LogP contribution in [0.3, 0.4) is 0 Å². The zero-order chi connectivity index (χ0) is 12.8. The van der Waals surface area contributed by atoms with Crippen LogP contribution in [0.5, 0.6) is 0 Å². The van der Waals surface area contributed by atoms with Gasteiger partial charge in [0.05, 0.1) is 18.8 Å². The molecule has 0 radical (unpaired) electrons. The minimum atomic E-state index is -0.0204. The Morgan fingerprint density at radius 3 is 2.83 bits per heavy atom. The van der Waals surface area contributed by atoms with Gasteiger partial charge in [0.2, 0.25) is 5.91 Å². The van der Waals surface area contributed by atoms with E-state index < -0.39 is 0 Å². The van der Waals surface area contributed by atoms with Crippen molar-refractivity contribution in [2.75, 3.05) is 0 Å². The summed E-state index contributed by atoms with van der Waals surface area (Å²) in [5.74, 6) is -0.0204. The van der Waals surface area contributed by atoms with Crippen molar-refractivity contribution in [3.05, 3.63) is 48.0 Å². The van der Waals surface area contributed by atoms with Gasteiger partial charge in [0.25, 0.3) is 0 Å². The Bertz CT molecular complexity index is 414. The quantitative estimate of drug-likeness (QED) is 0.865. The van der Waals surface area contributed by atoms with E-state index in [0.717, 1.165) is 18.4 Å². The lowest BCUT2D eigenvalue weighted by Gasteiger charge is -2.28. The lowest BCUT2D eigenvalue weighted by molar-refractivity contribution is -0.119. The standard InChI is InChI=1S/C15H19NO2/c1-2-14(13-9-6-10-15(17)16-13)18-11-12-7-4-3-5-8-12/h3-8,10,13-14H,2,9,11H2,1H3,(H,16,17)/t13-,14-/m1/s1. The molecule has 2 atom stereocenters. The van der Waals surface area contributed by atoms with Crippen molar-refractivity contribution in [3.8, 4) is 0 Å². The Kier molecular flexibility index (Phi) is 4.53. The third-order valence-electron chi connectivity index (χ3n) is 3.14. The molecule has 0 aromatic heterocycles. The molecule has 1 aromatic carbocycles. The van der Waals surface area contributed by atoms with Crippen LogP contribution in [0, 0.1) is 0 Å². The highest BCUT2D eigenvalue weighted by molar-refractivity contribution is 5.88. The van der Waals surface area contributed by atoms with Gasteiger partial charge in [-0.3, -0.25) is 4.79 Å². The first-order valence-electron chi connectivity index (χ1n) is 6.42. The Morgan fingerprint density at radius 1 is 1.39 bits per heavy atom. The molecule has 0 aliphatic carbocycles. The molecule has 1 amide bonds. The topological polar surface area (TPSA) is 38.3 Å². The van der Waals surface area contributed by atoms with Crippen molar-refractivity contribution >= 4 is 5.91 Å². The van der Waals surface area contributed by atoms with Crippen LogP contribution in [0.1, 0.15) is 25.3 Å². The van der Waals surface area contributed by atoms with Crippen LogP contribution in [0.15, 0.2) is 42.5 Å². The van der Waals surface area contributed by atoms with Gasteiger partial charge in [0, 0.05) is 0 Å². The second kappa shape index (κ2) is 6.36. The molecule has 3 nitrogen and oxygen atoms in total. The van der Waals surface area contributed by atoms with Crippen molar-refractivity contribution < 1.29 is 9.53 Å². The molecular formula is C15H19NO2. The molecule has 1 N–H and O–H groups in total. The minimum Gasteiger partial charge on any atom is -0.371 e. The largest absolute Gasteiger partial charge is 0.371 e. The first kappa shape index (κ1) is 12.8. The van der Waals surface area contributed by atoms with E-state index in [2.05, 4.69) is 12.2 Å². The SMILES string of the molecule is CC[C@@H](OCc1ccccc1)[C@H]1CC=CC(=O)N1. The summed E-state index contributed by atoms with van der Waals surface area (Å²) in [7, 11) is 0. The predicted molar refractivity (Wildman–Crippen MR) is 71.0 cm³/mol. The zero-order valence-corrected chi connectivity index (χ0v) is 10.6. The molecule has 0 fully saturated rings. The minimum absolute atomic E-state index is 0.0204. The van der Waals surface area contributed by atoms with Gasteiger partial charge in [-0.1, -0.05) is 43.3 Å². The van der Waals surface area contributed by atoms with E-state index in [0.29, 0.717) is 6.61 Å². The third-order valence-corrected chi connectivity index (χ3v) is 3.14. The van der Waals surface area contributed by atoms with Crippen molar-refractivity contribution in [2.45, 2.75) is 38.5 Å². The van der Waals surface area contributed by atoms with Crippen molar-refractivity contribution in [1.82, 2.24) is 5.32 Å². The van der Waals surface area contributed by atoms with Crippen molar-refractivity contribution in [2.24, 2.45) is 0 Å². The number of ether oxygens (including phenoxy) is 1. The van der Waals surface area contributed by atoms with Gasteiger partial charge < -0.3 is 10.1 Å². The zero-order valence-electron chi connectivity index (χ0n) is 10.6. The number of hydrogen-bond acceptors (Lipinski definition) is 2. The fourth-order valence-electron chi connectivity index (χ4n) is 2.15. The van der Waals surface area contributed by atoms with Crippen LogP contribution in [0.4, 0.5) is 0 Å². The molecule has 1 aliphatic heterocycles. The Labute approximate surface area is 108 Å². The summed E-state index contributed by atoms with van der Waals surface area (Å²) in [4.78, 5) is 11.3. The van der Waals surface area contributed by atoms with Gasteiger partial charge in [0.15, 0.2) is 0 Å². The fraction of sp³-hybridized carbons (Fsp3) is 0.400. The van der Waals surface area contributed by atoms with Gasteiger partial charge in [-0.15, -0.1) is 0 Å². The molecule has 0 saturated heterocycles. The average molecular weight is 245 g/mol. The summed E-state index contributed by atoms with van der Waals surface area (Å²) in [5, 5.41) is 2.95. The van der Waals surface area contributed by atoms with Gasteiger partial charge >= 0.3 is 0 Å². The second-order valence-electron chi connectivity index (χ2n) is 4.50. The fourth-order valence-corrected chi connectivity index (χ4v) is 2.15. The molecule has 18 heavy (non-hydrogen) atoms. The number of carbonyl (C=O) groups excluding carboxylic acids is 1. The highest BCUT2D eigenvalue weighted by atomic mass is 16.5. The second-order valence-corrected chi connectivity index (χ2v) is 4.50. The Morgan fingerprint density at radius 2 is 2.17 bits per heavy atom. The first-order valence-corrected chi connectivity index (χ1v) is 6.42. The summed E-state index contributed by atoms with van der Waals surface area (Å²) < 4.78 is 5.92. The summed E-state index contributed by atoms with van der Waals surface area (Å²) in [6.45, 7) is 2.68. The number of amides is 1. The Hall–Kier alpha value is -1.61. The molecule has 0 saturated carbocycles. The van der Waals surface area contributed by atoms with E-state index in [-0.39, 0.29) is 18.1 Å². The molecule has 0 bridgehead atoms. The molecule has 0 spiro atoms. The highest BCUT2D eigenvalue weighted by Gasteiger charge is 2.23. The van der Waals surface area contributed by atoms with E-state index >= 15 is 0 Å². The normalized spacial score (nSPS) is 20.5. The average Bonchev–Trinajstić information content (AvgIpc) is 2.41. The van der Waals surface area contributed by atoms with Crippen LogP contribution >= 0.6 is 0 Å². The van der Waals surface area contributed by atoms with E-state index in [1.165, 1.54) is 0 Å². The van der Waals surface area contributed by atoms with E-state index in [4.69, 9.17) is 4.74 Å². The molecule has 3 heteroatoms. The number of nitrogens with one attached hydrogen (secondary N) is 1. The maximum Gasteiger partial charge on any atom is 0.243 e. The number of hydrogen-bond donors (Lipinski definition) is 1. The summed E-state index contributed by atoms with van der Waals surface area (Å²) in [6, 6.07) is 10.2. The monoisotopic (exact) mass is 245 g/mol. The van der Waals surface area contributed by atoms with Gasteiger partial charge in [-0.05, 0) is 24.5 Å². The summed E-state index contributed by atoms with van der Waals surface area (Å²) >= 11 is 0. The van der Waals surface area contributed by atoms with Crippen molar-refractivity contribution in [3.63, 3.8) is 0 Å². The maximum atomic E-state index is 11.3. The van der Waals surface area contributed by atoms with E-state index in [1.807, 2.05) is 36.4 Å².